The lowest BCUT2D eigenvalue weighted by Gasteiger charge is -2.35. The number of carbonyl (C=O) groups excluding carboxylic acids is 1. The van der Waals surface area contributed by atoms with E-state index in [9.17, 15) is 4.79 Å². The van der Waals surface area contributed by atoms with Crippen LogP contribution in [0.5, 0.6) is 0 Å². The topological polar surface area (TPSA) is 26.3 Å². The van der Waals surface area contributed by atoms with Crippen molar-refractivity contribution in [2.75, 3.05) is 6.61 Å². The largest absolute Gasteiger partial charge is 0.466 e. The molecule has 0 amide bonds. The van der Waals surface area contributed by atoms with Crippen molar-refractivity contribution < 1.29 is 9.53 Å². The minimum atomic E-state index is -0.591. The lowest BCUT2D eigenvalue weighted by molar-refractivity contribution is -0.144. The van der Waals surface area contributed by atoms with Crippen LogP contribution in [0.2, 0.25) is 0 Å². The Bertz CT molecular complexity index is 867. The van der Waals surface area contributed by atoms with Crippen LogP contribution in [0.15, 0.2) is 104 Å². The van der Waals surface area contributed by atoms with Crippen LogP contribution in [-0.2, 0) is 14.9 Å². The van der Waals surface area contributed by atoms with Gasteiger partial charge in [0.05, 0.1) is 18.4 Å². The van der Waals surface area contributed by atoms with Gasteiger partial charge in [0.1, 0.15) is 0 Å². The van der Waals surface area contributed by atoms with Gasteiger partial charge in [-0.05, 0) is 36.0 Å². The normalized spacial score (nSPS) is 11.2. The summed E-state index contributed by atoms with van der Waals surface area (Å²) in [7, 11) is 0. The van der Waals surface area contributed by atoms with Gasteiger partial charge in [-0.3, -0.25) is 4.79 Å². The molecule has 178 valence electrons. The van der Waals surface area contributed by atoms with Crippen molar-refractivity contribution in [3.63, 3.8) is 0 Å². The highest BCUT2D eigenvalue weighted by molar-refractivity contribution is 5.74. The zero-order chi connectivity index (χ0) is 23.9. The summed E-state index contributed by atoms with van der Waals surface area (Å²) in [6.45, 7) is 4.26. The zero-order valence-electron chi connectivity index (χ0n) is 20.3. The van der Waals surface area contributed by atoms with Crippen LogP contribution >= 0.6 is 0 Å². The fourth-order valence-electron chi connectivity index (χ4n) is 4.70. The molecule has 0 N–H and O–H groups in total. The fourth-order valence-corrected chi connectivity index (χ4v) is 4.70. The second kappa shape index (κ2) is 14.2. The molecule has 0 unspecified atom stereocenters. The Morgan fingerprint density at radius 3 is 1.50 bits per heavy atom. The molecule has 0 aliphatic rings. The number of carbonyl (C=O) groups is 1. The summed E-state index contributed by atoms with van der Waals surface area (Å²) in [5.41, 5.74) is 2.70. The van der Waals surface area contributed by atoms with E-state index < -0.39 is 5.41 Å². The average molecular weight is 455 g/mol. The van der Waals surface area contributed by atoms with Crippen LogP contribution in [-0.4, -0.2) is 12.6 Å². The first-order valence-corrected chi connectivity index (χ1v) is 12.7. The van der Waals surface area contributed by atoms with Crippen LogP contribution < -0.4 is 0 Å². The lowest BCUT2D eigenvalue weighted by Crippen LogP contribution is -2.33. The highest BCUT2D eigenvalue weighted by Crippen LogP contribution is 2.42. The third-order valence-electron chi connectivity index (χ3n) is 6.52. The fraction of sp³-hybridized carbons (Fsp3) is 0.344. The van der Waals surface area contributed by atoms with Gasteiger partial charge in [-0.2, -0.15) is 0 Å². The molecular formula is C32H38O2. The standard InChI is InChI=1S/C32H38O2/c1-2-3-4-5-6-7-8-9-19-26-34-31(33)27-32(28-20-13-10-14-21-28,29-22-15-11-16-23-29)30-24-17-12-18-25-30/h2,10-18,20-25H,1,3-9,19,26-27H2. The molecule has 2 heteroatoms. The molecule has 3 rings (SSSR count). The third-order valence-corrected chi connectivity index (χ3v) is 6.52. The Morgan fingerprint density at radius 1 is 0.647 bits per heavy atom. The van der Waals surface area contributed by atoms with E-state index in [0.717, 1.165) is 36.0 Å². The molecule has 0 aromatic heterocycles. The average Bonchev–Trinajstić information content (AvgIpc) is 2.90. The highest BCUT2D eigenvalue weighted by atomic mass is 16.5. The molecule has 0 aliphatic carbocycles. The van der Waals surface area contributed by atoms with E-state index in [0.29, 0.717) is 6.61 Å². The van der Waals surface area contributed by atoms with Gasteiger partial charge in [0, 0.05) is 0 Å². The Labute approximate surface area is 205 Å². The number of hydrogen-bond donors (Lipinski definition) is 0. The molecule has 0 saturated carbocycles. The maximum atomic E-state index is 13.2. The van der Waals surface area contributed by atoms with Gasteiger partial charge in [0.25, 0.3) is 0 Å². The molecule has 0 atom stereocenters. The quantitative estimate of drug-likeness (QED) is 0.0999. The van der Waals surface area contributed by atoms with E-state index in [1.165, 1.54) is 32.1 Å². The van der Waals surface area contributed by atoms with Gasteiger partial charge in [-0.15, -0.1) is 6.58 Å². The summed E-state index contributed by atoms with van der Waals surface area (Å²) >= 11 is 0. The number of benzene rings is 3. The lowest BCUT2D eigenvalue weighted by atomic mass is 9.67. The second-order valence-electron chi connectivity index (χ2n) is 8.95. The number of esters is 1. The monoisotopic (exact) mass is 454 g/mol. The summed E-state index contributed by atoms with van der Waals surface area (Å²) in [4.78, 5) is 13.2. The van der Waals surface area contributed by atoms with Gasteiger partial charge in [-0.25, -0.2) is 0 Å². The van der Waals surface area contributed by atoms with E-state index in [1.807, 2.05) is 60.7 Å². The number of hydrogen-bond acceptors (Lipinski definition) is 2. The molecule has 0 bridgehead atoms. The summed E-state index contributed by atoms with van der Waals surface area (Å²) in [6.07, 6.45) is 11.7. The highest BCUT2D eigenvalue weighted by Gasteiger charge is 2.38. The molecule has 2 nitrogen and oxygen atoms in total. The Balaban J connectivity index is 1.66. The summed E-state index contributed by atoms with van der Waals surface area (Å²) < 4.78 is 5.77. The van der Waals surface area contributed by atoms with Crippen molar-refractivity contribution in [2.45, 2.75) is 63.2 Å². The molecule has 3 aromatic carbocycles. The Hall–Kier alpha value is -3.13. The number of unbranched alkanes of at least 4 members (excludes halogenated alkanes) is 7. The number of allylic oxidation sites excluding steroid dienone is 1. The first-order chi connectivity index (χ1) is 16.8. The van der Waals surface area contributed by atoms with Gasteiger partial charge in [0.2, 0.25) is 0 Å². The molecular weight excluding hydrogens is 416 g/mol. The van der Waals surface area contributed by atoms with E-state index >= 15 is 0 Å². The van der Waals surface area contributed by atoms with Crippen molar-refractivity contribution in [1.29, 1.82) is 0 Å². The maximum absolute atomic E-state index is 13.2. The van der Waals surface area contributed by atoms with Gasteiger partial charge in [-0.1, -0.05) is 129 Å². The van der Waals surface area contributed by atoms with E-state index in [4.69, 9.17) is 4.74 Å². The maximum Gasteiger partial charge on any atom is 0.307 e. The third kappa shape index (κ3) is 7.18. The van der Waals surface area contributed by atoms with Crippen molar-refractivity contribution in [3.05, 3.63) is 120 Å². The van der Waals surface area contributed by atoms with Crippen molar-refractivity contribution in [1.82, 2.24) is 0 Å². The molecule has 0 saturated heterocycles. The van der Waals surface area contributed by atoms with E-state index in [2.05, 4.69) is 43.0 Å². The molecule has 0 aliphatic heterocycles. The summed E-state index contributed by atoms with van der Waals surface area (Å²) in [5.74, 6) is -0.152. The SMILES string of the molecule is C=CCCCCCCCCCOC(=O)CC(c1ccccc1)(c1ccccc1)c1ccccc1. The minimum absolute atomic E-state index is 0.152. The molecule has 0 spiro atoms. The smallest absolute Gasteiger partial charge is 0.307 e. The van der Waals surface area contributed by atoms with E-state index in [-0.39, 0.29) is 12.4 Å². The van der Waals surface area contributed by atoms with Gasteiger partial charge in [0.15, 0.2) is 0 Å². The predicted molar refractivity (Wildman–Crippen MR) is 142 cm³/mol. The first kappa shape index (κ1) is 25.5. The number of ether oxygens (including phenoxy) is 1. The molecule has 0 radical (unpaired) electrons. The van der Waals surface area contributed by atoms with Gasteiger partial charge >= 0.3 is 5.97 Å². The van der Waals surface area contributed by atoms with Crippen molar-refractivity contribution in [3.8, 4) is 0 Å². The van der Waals surface area contributed by atoms with Crippen LogP contribution in [0.1, 0.15) is 74.5 Å². The first-order valence-electron chi connectivity index (χ1n) is 12.7. The van der Waals surface area contributed by atoms with Crippen molar-refractivity contribution in [2.24, 2.45) is 0 Å². The number of rotatable bonds is 15. The zero-order valence-corrected chi connectivity index (χ0v) is 20.3. The van der Waals surface area contributed by atoms with Crippen LogP contribution in [0.3, 0.4) is 0 Å². The van der Waals surface area contributed by atoms with Crippen LogP contribution in [0, 0.1) is 0 Å². The van der Waals surface area contributed by atoms with Crippen LogP contribution in [0.25, 0.3) is 0 Å². The molecule has 34 heavy (non-hydrogen) atoms. The van der Waals surface area contributed by atoms with E-state index in [1.54, 1.807) is 0 Å². The Morgan fingerprint density at radius 2 is 1.06 bits per heavy atom. The van der Waals surface area contributed by atoms with Crippen molar-refractivity contribution >= 4 is 5.97 Å². The summed E-state index contributed by atoms with van der Waals surface area (Å²) in [5, 5.41) is 0. The summed E-state index contributed by atoms with van der Waals surface area (Å²) in [6, 6.07) is 31.0. The van der Waals surface area contributed by atoms with Crippen LogP contribution in [0.4, 0.5) is 0 Å². The minimum Gasteiger partial charge on any atom is -0.466 e. The molecule has 0 fully saturated rings. The predicted octanol–water partition coefficient (Wildman–Crippen LogP) is 8.26. The second-order valence-corrected chi connectivity index (χ2v) is 8.95. The molecule has 3 aromatic rings. The Kier molecular flexibility index (Phi) is 10.6. The van der Waals surface area contributed by atoms with Gasteiger partial charge < -0.3 is 4.74 Å². The molecule has 0 heterocycles.